The zero-order valence-corrected chi connectivity index (χ0v) is 31.0. The summed E-state index contributed by atoms with van der Waals surface area (Å²) >= 11 is 0. The molecule has 0 aromatic rings. The van der Waals surface area contributed by atoms with E-state index in [4.69, 9.17) is 43.6 Å². The molecule has 4 N–H and O–H groups in total. The van der Waals surface area contributed by atoms with Crippen LogP contribution in [0.15, 0.2) is 24.3 Å². The first-order chi connectivity index (χ1) is 25.0. The van der Waals surface area contributed by atoms with Crippen LogP contribution in [0.5, 0.6) is 0 Å². The predicted octanol–water partition coefficient (Wildman–Crippen LogP) is 3.42. The molecule has 52 heavy (non-hydrogen) atoms. The number of rotatable bonds is 4. The number of carbonyl (C=O) groups is 1. The molecular formula is C40H61NO11. The van der Waals surface area contributed by atoms with Gasteiger partial charge < -0.3 is 53.8 Å². The van der Waals surface area contributed by atoms with E-state index in [1.807, 2.05) is 0 Å². The standard InChI is InChI=1S/C40H61NO11/c1-20-5-6-25-7-9-30-21(2)11-27(47-30)12-22(3)40-18-29(44)38(52-40)35-17-36(51-40)39-31(49-35)10-8-26(48-39)13-23(42)14-28-33(16-32(20)46-25)50-34(37(28)45-4)15-24(43)19-41/h22,24-39,43-44H,1-2,5-19,41H2,3-4H3/t22-,24-,25+,26+,27+,28-,29+,30-,31-,32+,33-,34+,35?,36+,37+,38-,39-,40-/m0/s1. The third-order valence-corrected chi connectivity index (χ3v) is 13.6. The summed E-state index contributed by atoms with van der Waals surface area (Å²) in [7, 11) is 1.65. The molecule has 292 valence electrons. The second-order valence-electron chi connectivity index (χ2n) is 17.2. The van der Waals surface area contributed by atoms with Gasteiger partial charge in [0.15, 0.2) is 5.79 Å². The van der Waals surface area contributed by atoms with Crippen LogP contribution in [0.3, 0.4) is 0 Å². The number of hydrogen-bond acceptors (Lipinski definition) is 12. The molecule has 0 amide bonds. The molecule has 8 fully saturated rings. The molecule has 18 atom stereocenters. The van der Waals surface area contributed by atoms with Crippen molar-refractivity contribution in [3.63, 3.8) is 0 Å². The molecular weight excluding hydrogens is 670 g/mol. The first-order valence-electron chi connectivity index (χ1n) is 20.1. The van der Waals surface area contributed by atoms with Crippen molar-refractivity contribution in [3.05, 3.63) is 24.3 Å². The van der Waals surface area contributed by atoms with Gasteiger partial charge in [0, 0.05) is 64.0 Å². The lowest BCUT2D eigenvalue weighted by atomic mass is 9.83. The fraction of sp³-hybridized carbons (Fsp3) is 0.875. The summed E-state index contributed by atoms with van der Waals surface area (Å²) in [5, 5.41) is 21.7. The highest BCUT2D eigenvalue weighted by molar-refractivity contribution is 5.79. The summed E-state index contributed by atoms with van der Waals surface area (Å²) in [6.07, 6.45) is 4.13. The third-order valence-electron chi connectivity index (χ3n) is 13.6. The van der Waals surface area contributed by atoms with Crippen molar-refractivity contribution in [2.24, 2.45) is 17.6 Å². The van der Waals surface area contributed by atoms with Crippen LogP contribution in [0.1, 0.15) is 96.8 Å². The zero-order chi connectivity index (χ0) is 36.3. The SMILES string of the molecule is C=C1C[C@@H]2C[C@H](C)[C@]34C[C@@H](O)[C@H](O3)C3C[C@@H](O4)[C@H]4O[C@H](CC[C@@H]4O3)CC(=O)C[C@@H]3[C@@H](OC)[C@@H](C[C@H](O)CN)O[C@H]3C[C@H]3O[C@H](CCC3=C)CC[C@@H]1O2. The predicted molar refractivity (Wildman–Crippen MR) is 188 cm³/mol. The number of Topliss-reactive ketones (excluding diaryl/α,β-unsaturated/α-hetero) is 1. The maximum absolute atomic E-state index is 14.0. The molecule has 8 aliphatic heterocycles. The van der Waals surface area contributed by atoms with Crippen LogP contribution in [0.2, 0.25) is 0 Å². The number of carbonyl (C=O) groups excluding carboxylic acids is 1. The van der Waals surface area contributed by atoms with Gasteiger partial charge in [0.05, 0.1) is 79.4 Å². The largest absolute Gasteiger partial charge is 0.392 e. The smallest absolute Gasteiger partial charge is 0.174 e. The Kier molecular flexibility index (Phi) is 11.1. The molecule has 10 bridgehead atoms. The summed E-state index contributed by atoms with van der Waals surface area (Å²) in [6.45, 7) is 11.1. The third kappa shape index (κ3) is 7.36. The van der Waals surface area contributed by atoms with Crippen molar-refractivity contribution in [1.29, 1.82) is 0 Å². The topological polar surface area (TPSA) is 157 Å². The van der Waals surface area contributed by atoms with Crippen LogP contribution in [-0.4, -0.2) is 127 Å². The van der Waals surface area contributed by atoms with E-state index in [9.17, 15) is 15.0 Å². The van der Waals surface area contributed by atoms with Gasteiger partial charge in [0.25, 0.3) is 0 Å². The lowest BCUT2D eigenvalue weighted by molar-refractivity contribution is -0.292. The lowest BCUT2D eigenvalue weighted by Crippen LogP contribution is -2.58. The van der Waals surface area contributed by atoms with Gasteiger partial charge in [-0.1, -0.05) is 20.1 Å². The van der Waals surface area contributed by atoms with Crippen molar-refractivity contribution in [3.8, 4) is 0 Å². The summed E-state index contributed by atoms with van der Waals surface area (Å²) in [6, 6.07) is 0. The molecule has 12 nitrogen and oxygen atoms in total. The number of ketones is 1. The summed E-state index contributed by atoms with van der Waals surface area (Å²) in [4.78, 5) is 14.0. The molecule has 0 aromatic heterocycles. The van der Waals surface area contributed by atoms with Gasteiger partial charge in [-0.2, -0.15) is 0 Å². The van der Waals surface area contributed by atoms with E-state index < -0.39 is 30.2 Å². The number of fused-ring (bicyclic) bond motifs is 9. The van der Waals surface area contributed by atoms with Gasteiger partial charge in [-0.15, -0.1) is 0 Å². The Bertz CT molecular complexity index is 1330. The van der Waals surface area contributed by atoms with Crippen LogP contribution in [0.4, 0.5) is 0 Å². The van der Waals surface area contributed by atoms with Crippen molar-refractivity contribution in [2.75, 3.05) is 13.7 Å². The number of aliphatic hydroxyl groups excluding tert-OH is 2. The Hall–Kier alpha value is -1.29. The fourth-order valence-corrected chi connectivity index (χ4v) is 10.9. The second-order valence-corrected chi connectivity index (χ2v) is 17.2. The highest BCUT2D eigenvalue weighted by atomic mass is 16.7. The zero-order valence-electron chi connectivity index (χ0n) is 31.0. The van der Waals surface area contributed by atoms with Gasteiger partial charge in [0.1, 0.15) is 18.0 Å². The normalized spacial score (nSPS) is 50.4. The first-order valence-corrected chi connectivity index (χ1v) is 20.1. The minimum absolute atomic E-state index is 0.0215. The molecule has 8 rings (SSSR count). The number of aliphatic hydroxyl groups is 2. The Balaban J connectivity index is 1.06. The highest BCUT2D eigenvalue weighted by Crippen LogP contribution is 2.51. The van der Waals surface area contributed by atoms with Crippen LogP contribution >= 0.6 is 0 Å². The molecule has 1 spiro atoms. The van der Waals surface area contributed by atoms with E-state index in [0.717, 1.165) is 56.1 Å². The lowest BCUT2D eigenvalue weighted by Gasteiger charge is -2.48. The molecule has 0 aromatic carbocycles. The average molecular weight is 732 g/mol. The number of methoxy groups -OCH3 is 1. The first kappa shape index (κ1) is 37.6. The molecule has 8 saturated heterocycles. The molecule has 0 saturated carbocycles. The number of ether oxygens (including phenoxy) is 8. The van der Waals surface area contributed by atoms with E-state index in [2.05, 4.69) is 20.1 Å². The minimum atomic E-state index is -0.984. The van der Waals surface area contributed by atoms with Crippen LogP contribution < -0.4 is 5.73 Å². The van der Waals surface area contributed by atoms with E-state index in [-0.39, 0.29) is 104 Å². The Morgan fingerprint density at radius 2 is 1.63 bits per heavy atom. The Morgan fingerprint density at radius 1 is 0.827 bits per heavy atom. The highest BCUT2D eigenvalue weighted by Gasteiger charge is 2.61. The summed E-state index contributed by atoms with van der Waals surface area (Å²) < 4.78 is 53.1. The molecule has 8 aliphatic rings. The summed E-state index contributed by atoms with van der Waals surface area (Å²) in [5.41, 5.74) is 7.94. The van der Waals surface area contributed by atoms with Crippen LogP contribution in [0, 0.1) is 11.8 Å². The van der Waals surface area contributed by atoms with Crippen molar-refractivity contribution < 1.29 is 52.9 Å². The molecule has 0 radical (unpaired) electrons. The maximum Gasteiger partial charge on any atom is 0.174 e. The van der Waals surface area contributed by atoms with E-state index in [1.165, 1.54) is 0 Å². The molecule has 0 aliphatic carbocycles. The molecule has 1 unspecified atom stereocenters. The van der Waals surface area contributed by atoms with Crippen molar-refractivity contribution in [2.45, 2.75) is 194 Å². The number of hydrogen-bond donors (Lipinski definition) is 3. The molecule has 12 heteroatoms. The number of nitrogens with two attached hydrogens (primary N) is 1. The minimum Gasteiger partial charge on any atom is -0.392 e. The average Bonchev–Trinajstić information content (AvgIpc) is 3.72. The monoisotopic (exact) mass is 731 g/mol. The maximum atomic E-state index is 14.0. The van der Waals surface area contributed by atoms with Gasteiger partial charge >= 0.3 is 0 Å². The second kappa shape index (κ2) is 15.3. The molecule has 8 heterocycles. The van der Waals surface area contributed by atoms with Crippen molar-refractivity contribution >= 4 is 5.78 Å². The fourth-order valence-electron chi connectivity index (χ4n) is 10.9. The van der Waals surface area contributed by atoms with Gasteiger partial charge in [-0.05, 0) is 62.5 Å². The van der Waals surface area contributed by atoms with Crippen molar-refractivity contribution in [1.82, 2.24) is 0 Å². The van der Waals surface area contributed by atoms with E-state index in [0.29, 0.717) is 32.1 Å². The Labute approximate surface area is 308 Å². The Morgan fingerprint density at radius 3 is 2.44 bits per heavy atom. The van der Waals surface area contributed by atoms with Gasteiger partial charge in [-0.3, -0.25) is 4.79 Å². The summed E-state index contributed by atoms with van der Waals surface area (Å²) in [5.74, 6) is -1.18. The van der Waals surface area contributed by atoms with Crippen LogP contribution in [0.25, 0.3) is 0 Å². The quantitative estimate of drug-likeness (QED) is 0.363. The van der Waals surface area contributed by atoms with E-state index >= 15 is 0 Å². The van der Waals surface area contributed by atoms with Gasteiger partial charge in [-0.25, -0.2) is 0 Å². The van der Waals surface area contributed by atoms with Crippen LogP contribution in [-0.2, 0) is 42.7 Å². The van der Waals surface area contributed by atoms with E-state index in [1.54, 1.807) is 7.11 Å². The van der Waals surface area contributed by atoms with Gasteiger partial charge in [0.2, 0.25) is 0 Å².